The summed E-state index contributed by atoms with van der Waals surface area (Å²) in [6.07, 6.45) is 0. The van der Waals surface area contributed by atoms with Crippen molar-refractivity contribution in [3.63, 3.8) is 0 Å². The molecule has 0 saturated heterocycles. The van der Waals surface area contributed by atoms with E-state index in [9.17, 15) is 5.21 Å². The smallest absolute Gasteiger partial charge is 0.118 e. The third kappa shape index (κ3) is 2.65. The molecule has 2 aromatic rings. The van der Waals surface area contributed by atoms with Crippen LogP contribution >= 0.6 is 22.5 Å². The Morgan fingerprint density at radius 3 is 2.29 bits per heavy atom. The zero-order valence-electron chi connectivity index (χ0n) is 8.91. The zero-order chi connectivity index (χ0) is 12.1. The van der Waals surface area contributed by atoms with Crippen molar-refractivity contribution in [1.82, 2.24) is 0 Å². The van der Waals surface area contributed by atoms with Gasteiger partial charge in [-0.2, -0.15) is 0 Å². The highest BCUT2D eigenvalue weighted by atomic mass is 33.1. The van der Waals surface area contributed by atoms with Crippen LogP contribution in [0.4, 0.5) is 0 Å². The van der Waals surface area contributed by atoms with Crippen molar-refractivity contribution in [3.05, 3.63) is 65.7 Å². The van der Waals surface area contributed by atoms with E-state index >= 15 is 0 Å². The maximum absolute atomic E-state index is 9.20. The maximum atomic E-state index is 9.20. The highest BCUT2D eigenvalue weighted by Crippen LogP contribution is 2.27. The fraction of sp³-hybridized carbons (Fsp3) is 0. The molecule has 0 unspecified atom stereocenters. The van der Waals surface area contributed by atoms with Crippen molar-refractivity contribution < 1.29 is 5.21 Å². The van der Waals surface area contributed by atoms with E-state index in [0.29, 0.717) is 5.71 Å². The van der Waals surface area contributed by atoms with Crippen LogP contribution in [-0.2, 0) is 0 Å². The van der Waals surface area contributed by atoms with Gasteiger partial charge in [-0.3, -0.25) is 0 Å². The van der Waals surface area contributed by atoms with Crippen molar-refractivity contribution in [2.45, 2.75) is 4.90 Å². The van der Waals surface area contributed by atoms with Gasteiger partial charge in [0.05, 0.1) is 0 Å². The van der Waals surface area contributed by atoms with Gasteiger partial charge in [-0.25, -0.2) is 0 Å². The van der Waals surface area contributed by atoms with E-state index in [0.717, 1.165) is 16.0 Å². The van der Waals surface area contributed by atoms with Gasteiger partial charge in [0.2, 0.25) is 0 Å². The maximum Gasteiger partial charge on any atom is 0.118 e. The van der Waals surface area contributed by atoms with Crippen LogP contribution in [0, 0.1) is 0 Å². The van der Waals surface area contributed by atoms with Gasteiger partial charge in [-0.15, -0.1) is 0 Å². The highest BCUT2D eigenvalue weighted by Gasteiger charge is 2.11. The Labute approximate surface area is 109 Å². The van der Waals surface area contributed by atoms with Gasteiger partial charge >= 0.3 is 0 Å². The third-order valence-electron chi connectivity index (χ3n) is 2.38. The lowest BCUT2D eigenvalue weighted by Crippen LogP contribution is -2.04. The SMILES string of the molecule is O/N=C(\c1ccccc1)c1ccccc1S[S]. The summed E-state index contributed by atoms with van der Waals surface area (Å²) in [5, 5.41) is 12.6. The molecule has 0 saturated carbocycles. The molecule has 2 rings (SSSR count). The van der Waals surface area contributed by atoms with E-state index in [1.807, 2.05) is 54.6 Å². The monoisotopic (exact) mass is 260 g/mol. The fourth-order valence-corrected chi connectivity index (χ4v) is 2.42. The standard InChI is InChI=1S/C13H10NOS2/c15-14-13(10-6-2-1-3-7-10)11-8-4-5-9-12(11)17-16/h1-9,15H/b14-13+. The summed E-state index contributed by atoms with van der Waals surface area (Å²) in [6.45, 7) is 0. The average Bonchev–Trinajstić information content (AvgIpc) is 2.41. The lowest BCUT2D eigenvalue weighted by Gasteiger charge is -2.08. The summed E-state index contributed by atoms with van der Waals surface area (Å²) in [6, 6.07) is 17.2. The number of hydrogen-bond acceptors (Lipinski definition) is 3. The number of benzene rings is 2. The summed E-state index contributed by atoms with van der Waals surface area (Å²) >= 11 is 5.00. The third-order valence-corrected chi connectivity index (χ3v) is 3.45. The van der Waals surface area contributed by atoms with Gasteiger partial charge in [-0.1, -0.05) is 53.7 Å². The van der Waals surface area contributed by atoms with Crippen LogP contribution in [0.25, 0.3) is 0 Å². The number of oxime groups is 1. The molecule has 2 nitrogen and oxygen atoms in total. The minimum absolute atomic E-state index is 0.540. The topological polar surface area (TPSA) is 32.6 Å². The van der Waals surface area contributed by atoms with E-state index in [1.165, 1.54) is 10.8 Å². The molecule has 0 fully saturated rings. The van der Waals surface area contributed by atoms with Crippen LogP contribution in [0.2, 0.25) is 0 Å². The summed E-state index contributed by atoms with van der Waals surface area (Å²) in [5.41, 5.74) is 2.26. The molecule has 17 heavy (non-hydrogen) atoms. The van der Waals surface area contributed by atoms with Gasteiger partial charge in [0.15, 0.2) is 0 Å². The molecular weight excluding hydrogens is 250 g/mol. The zero-order valence-corrected chi connectivity index (χ0v) is 10.5. The summed E-state index contributed by atoms with van der Waals surface area (Å²) < 4.78 is 0. The quantitative estimate of drug-likeness (QED) is 0.390. The lowest BCUT2D eigenvalue weighted by atomic mass is 10.0. The van der Waals surface area contributed by atoms with Crippen molar-refractivity contribution in [2.24, 2.45) is 5.16 Å². The van der Waals surface area contributed by atoms with Crippen LogP contribution in [-0.4, -0.2) is 10.9 Å². The molecule has 2 aromatic carbocycles. The van der Waals surface area contributed by atoms with E-state index in [1.54, 1.807) is 0 Å². The van der Waals surface area contributed by atoms with Gasteiger partial charge < -0.3 is 5.21 Å². The first kappa shape index (κ1) is 12.1. The average molecular weight is 260 g/mol. The van der Waals surface area contributed by atoms with E-state index in [2.05, 4.69) is 5.16 Å². The molecular formula is C13H10NOS2. The molecule has 0 aliphatic heterocycles. The largest absolute Gasteiger partial charge is 0.410 e. The van der Waals surface area contributed by atoms with Crippen LogP contribution in [0.15, 0.2) is 64.6 Å². The van der Waals surface area contributed by atoms with Gasteiger partial charge in [0, 0.05) is 16.0 Å². The fourth-order valence-electron chi connectivity index (χ4n) is 1.60. The second-order valence-electron chi connectivity index (χ2n) is 3.39. The second-order valence-corrected chi connectivity index (χ2v) is 4.50. The van der Waals surface area contributed by atoms with E-state index in [4.69, 9.17) is 11.7 Å². The van der Waals surface area contributed by atoms with E-state index in [-0.39, 0.29) is 0 Å². The Morgan fingerprint density at radius 2 is 1.65 bits per heavy atom. The molecule has 0 aromatic heterocycles. The molecule has 0 spiro atoms. The first-order valence-electron chi connectivity index (χ1n) is 5.03. The molecule has 0 amide bonds. The number of rotatable bonds is 3. The Bertz CT molecular complexity index is 526. The lowest BCUT2D eigenvalue weighted by molar-refractivity contribution is 0.319. The minimum Gasteiger partial charge on any atom is -0.410 e. The van der Waals surface area contributed by atoms with Crippen molar-refractivity contribution >= 4 is 28.2 Å². The number of nitrogens with zero attached hydrogens (tertiary/aromatic N) is 1. The summed E-state index contributed by atoms with van der Waals surface area (Å²) in [4.78, 5) is 0.916. The van der Waals surface area contributed by atoms with Crippen LogP contribution in [0.5, 0.6) is 0 Å². The van der Waals surface area contributed by atoms with Gasteiger partial charge in [0.25, 0.3) is 0 Å². The Kier molecular flexibility index (Phi) is 4.12. The highest BCUT2D eigenvalue weighted by molar-refractivity contribution is 8.68. The summed E-state index contributed by atoms with van der Waals surface area (Å²) in [7, 11) is 1.23. The Balaban J connectivity index is 2.51. The van der Waals surface area contributed by atoms with Crippen LogP contribution in [0.3, 0.4) is 0 Å². The molecule has 0 aliphatic carbocycles. The molecule has 1 radical (unpaired) electrons. The summed E-state index contributed by atoms with van der Waals surface area (Å²) in [5.74, 6) is 0. The molecule has 0 aliphatic rings. The van der Waals surface area contributed by atoms with Crippen LogP contribution in [0.1, 0.15) is 11.1 Å². The molecule has 4 heteroatoms. The van der Waals surface area contributed by atoms with E-state index < -0.39 is 0 Å². The molecule has 1 N–H and O–H groups in total. The molecule has 0 heterocycles. The normalized spacial score (nSPS) is 11.5. The first-order valence-corrected chi connectivity index (χ1v) is 6.77. The molecule has 0 bridgehead atoms. The van der Waals surface area contributed by atoms with Gasteiger partial charge in [0.1, 0.15) is 5.71 Å². The van der Waals surface area contributed by atoms with Crippen molar-refractivity contribution in [1.29, 1.82) is 0 Å². The van der Waals surface area contributed by atoms with Crippen LogP contribution < -0.4 is 0 Å². The second kappa shape index (κ2) is 5.80. The molecule has 0 atom stereocenters. The minimum atomic E-state index is 0.540. The Morgan fingerprint density at radius 1 is 1.00 bits per heavy atom. The number of hydrogen-bond donors (Lipinski definition) is 1. The molecule has 85 valence electrons. The van der Waals surface area contributed by atoms with Crippen molar-refractivity contribution in [3.8, 4) is 0 Å². The Hall–Kier alpha value is -1.39. The van der Waals surface area contributed by atoms with Gasteiger partial charge in [-0.05, 0) is 28.5 Å². The van der Waals surface area contributed by atoms with Crippen molar-refractivity contribution in [2.75, 3.05) is 0 Å². The predicted molar refractivity (Wildman–Crippen MR) is 73.8 cm³/mol. The first-order chi connectivity index (χ1) is 8.36. The predicted octanol–water partition coefficient (Wildman–Crippen LogP) is 4.12.